The third-order valence-electron chi connectivity index (χ3n) is 5.46. The largest absolute Gasteiger partial charge is 0.394 e. The fourth-order valence-electron chi connectivity index (χ4n) is 3.66. The van der Waals surface area contributed by atoms with E-state index in [4.69, 9.17) is 0 Å². The van der Waals surface area contributed by atoms with E-state index in [1.54, 1.807) is 0 Å². The van der Waals surface area contributed by atoms with Crippen LogP contribution in [-0.2, 0) is 0 Å². The molecule has 1 unspecified atom stereocenters. The van der Waals surface area contributed by atoms with Crippen LogP contribution in [0.3, 0.4) is 0 Å². The molecule has 0 bridgehead atoms. The van der Waals surface area contributed by atoms with Crippen molar-refractivity contribution in [2.75, 3.05) is 33.3 Å². The molecular formula is C16H32N2O. The van der Waals surface area contributed by atoms with Crippen LogP contribution >= 0.6 is 0 Å². The first-order valence-electron chi connectivity index (χ1n) is 7.93. The standard InChI is InChI=1S/C16H32N2O/c1-15(2,3)13-7-9-18(10-8-13)11-16(12-19,17-4)14-5-6-14/h13-14,17,19H,5-12H2,1-4H3. The van der Waals surface area contributed by atoms with Crippen LogP contribution in [0.5, 0.6) is 0 Å². The van der Waals surface area contributed by atoms with Crippen LogP contribution in [0.15, 0.2) is 0 Å². The minimum Gasteiger partial charge on any atom is -0.394 e. The average molecular weight is 268 g/mol. The summed E-state index contributed by atoms with van der Waals surface area (Å²) >= 11 is 0. The molecule has 0 radical (unpaired) electrons. The Morgan fingerprint density at radius 2 is 1.63 bits per heavy atom. The van der Waals surface area contributed by atoms with E-state index in [0.29, 0.717) is 11.3 Å². The molecule has 0 spiro atoms. The maximum absolute atomic E-state index is 9.81. The molecule has 0 aromatic heterocycles. The Morgan fingerprint density at radius 1 is 1.05 bits per heavy atom. The van der Waals surface area contributed by atoms with Crippen molar-refractivity contribution >= 4 is 0 Å². The lowest BCUT2D eigenvalue weighted by molar-refractivity contribution is 0.0579. The van der Waals surface area contributed by atoms with E-state index in [0.717, 1.165) is 12.5 Å². The highest BCUT2D eigenvalue weighted by Crippen LogP contribution is 2.41. The predicted octanol–water partition coefficient (Wildman–Crippen LogP) is 2.10. The number of aliphatic hydroxyl groups excluding tert-OH is 1. The molecule has 1 heterocycles. The van der Waals surface area contributed by atoms with E-state index in [9.17, 15) is 5.11 Å². The van der Waals surface area contributed by atoms with E-state index in [2.05, 4.69) is 31.0 Å². The summed E-state index contributed by atoms with van der Waals surface area (Å²) in [6, 6.07) is 0. The smallest absolute Gasteiger partial charge is 0.0628 e. The van der Waals surface area contributed by atoms with Gasteiger partial charge in [-0.2, -0.15) is 0 Å². The first-order chi connectivity index (χ1) is 8.91. The summed E-state index contributed by atoms with van der Waals surface area (Å²) in [6.45, 7) is 10.8. The van der Waals surface area contributed by atoms with Crippen LogP contribution in [0.2, 0.25) is 0 Å². The fraction of sp³-hybridized carbons (Fsp3) is 1.00. The van der Waals surface area contributed by atoms with Gasteiger partial charge in [-0.1, -0.05) is 20.8 Å². The lowest BCUT2D eigenvalue weighted by Gasteiger charge is -2.43. The van der Waals surface area contributed by atoms with Crippen molar-refractivity contribution in [1.82, 2.24) is 10.2 Å². The number of nitrogens with one attached hydrogen (secondary N) is 1. The van der Waals surface area contributed by atoms with Crippen LogP contribution in [0.25, 0.3) is 0 Å². The van der Waals surface area contributed by atoms with E-state index in [-0.39, 0.29) is 12.1 Å². The lowest BCUT2D eigenvalue weighted by Crippen LogP contribution is -2.57. The molecule has 0 amide bonds. The van der Waals surface area contributed by atoms with Gasteiger partial charge in [-0.25, -0.2) is 0 Å². The summed E-state index contributed by atoms with van der Waals surface area (Å²) in [5.74, 6) is 1.53. The zero-order valence-electron chi connectivity index (χ0n) is 13.2. The highest BCUT2D eigenvalue weighted by molar-refractivity contribution is 5.02. The summed E-state index contributed by atoms with van der Waals surface area (Å²) in [7, 11) is 2.01. The van der Waals surface area contributed by atoms with Crippen LogP contribution in [0, 0.1) is 17.3 Å². The highest BCUT2D eigenvalue weighted by atomic mass is 16.3. The van der Waals surface area contributed by atoms with Crippen molar-refractivity contribution in [3.8, 4) is 0 Å². The summed E-state index contributed by atoms with van der Waals surface area (Å²) in [5, 5.41) is 13.2. The number of likely N-dealkylation sites (N-methyl/N-ethyl adjacent to an activating group) is 1. The Bertz CT molecular complexity index is 282. The van der Waals surface area contributed by atoms with Crippen molar-refractivity contribution in [2.24, 2.45) is 17.3 Å². The van der Waals surface area contributed by atoms with Gasteiger partial charge in [0.05, 0.1) is 12.1 Å². The molecule has 2 aliphatic rings. The maximum Gasteiger partial charge on any atom is 0.0628 e. The van der Waals surface area contributed by atoms with Gasteiger partial charge >= 0.3 is 0 Å². The van der Waals surface area contributed by atoms with Gasteiger partial charge < -0.3 is 15.3 Å². The van der Waals surface area contributed by atoms with Gasteiger partial charge in [0.15, 0.2) is 0 Å². The number of piperidine rings is 1. The minimum absolute atomic E-state index is 0.0471. The normalized spacial score (nSPS) is 26.4. The monoisotopic (exact) mass is 268 g/mol. The van der Waals surface area contributed by atoms with Gasteiger partial charge in [0.2, 0.25) is 0 Å². The molecule has 1 saturated heterocycles. The third-order valence-corrected chi connectivity index (χ3v) is 5.46. The number of hydrogen-bond acceptors (Lipinski definition) is 3. The minimum atomic E-state index is -0.0471. The molecule has 1 aliphatic carbocycles. The van der Waals surface area contributed by atoms with Gasteiger partial charge in [-0.15, -0.1) is 0 Å². The SMILES string of the molecule is CNC(CO)(CN1CCC(C(C)(C)C)CC1)C1CC1. The molecule has 3 nitrogen and oxygen atoms in total. The van der Waals surface area contributed by atoms with Crippen molar-refractivity contribution in [3.63, 3.8) is 0 Å². The molecule has 0 aromatic rings. The Morgan fingerprint density at radius 3 is 2.00 bits per heavy atom. The summed E-state index contributed by atoms with van der Waals surface area (Å²) in [5.41, 5.74) is 0.397. The number of aliphatic hydroxyl groups is 1. The second-order valence-corrected chi connectivity index (χ2v) is 7.75. The Kier molecular flexibility index (Phi) is 4.59. The Labute approximate surface area is 118 Å². The van der Waals surface area contributed by atoms with E-state index in [1.807, 2.05) is 7.05 Å². The molecule has 1 saturated carbocycles. The second kappa shape index (κ2) is 5.71. The molecule has 2 rings (SSSR count). The molecule has 1 atom stereocenters. The third kappa shape index (κ3) is 3.50. The summed E-state index contributed by atoms with van der Waals surface area (Å²) < 4.78 is 0. The Balaban J connectivity index is 1.87. The highest BCUT2D eigenvalue weighted by Gasteiger charge is 2.45. The zero-order chi connectivity index (χ0) is 14.1. The summed E-state index contributed by atoms with van der Waals surface area (Å²) in [6.07, 6.45) is 5.17. The van der Waals surface area contributed by atoms with Crippen molar-refractivity contribution < 1.29 is 5.11 Å². The van der Waals surface area contributed by atoms with Crippen molar-refractivity contribution in [2.45, 2.75) is 52.0 Å². The average Bonchev–Trinajstić information content (AvgIpc) is 3.20. The van der Waals surface area contributed by atoms with Gasteiger partial charge in [0.1, 0.15) is 0 Å². The first-order valence-corrected chi connectivity index (χ1v) is 7.93. The van der Waals surface area contributed by atoms with Gasteiger partial charge in [-0.3, -0.25) is 0 Å². The molecule has 3 heteroatoms. The summed E-state index contributed by atoms with van der Waals surface area (Å²) in [4.78, 5) is 2.56. The van der Waals surface area contributed by atoms with Gasteiger partial charge in [0.25, 0.3) is 0 Å². The number of rotatable bonds is 5. The molecule has 2 fully saturated rings. The van der Waals surface area contributed by atoms with Crippen LogP contribution in [-0.4, -0.2) is 48.8 Å². The molecule has 112 valence electrons. The van der Waals surface area contributed by atoms with E-state index < -0.39 is 0 Å². The quantitative estimate of drug-likeness (QED) is 0.801. The molecule has 19 heavy (non-hydrogen) atoms. The molecule has 0 aromatic carbocycles. The van der Waals surface area contributed by atoms with E-state index >= 15 is 0 Å². The Hall–Kier alpha value is -0.120. The number of likely N-dealkylation sites (tertiary alicyclic amines) is 1. The van der Waals surface area contributed by atoms with Gasteiger partial charge in [-0.05, 0) is 63.1 Å². The molecule has 2 N–H and O–H groups in total. The van der Waals surface area contributed by atoms with Crippen LogP contribution < -0.4 is 5.32 Å². The fourth-order valence-corrected chi connectivity index (χ4v) is 3.66. The number of hydrogen-bond donors (Lipinski definition) is 2. The zero-order valence-corrected chi connectivity index (χ0v) is 13.2. The number of nitrogens with zero attached hydrogens (tertiary/aromatic N) is 1. The lowest BCUT2D eigenvalue weighted by atomic mass is 9.75. The van der Waals surface area contributed by atoms with E-state index in [1.165, 1.54) is 38.8 Å². The van der Waals surface area contributed by atoms with Crippen molar-refractivity contribution in [1.29, 1.82) is 0 Å². The van der Waals surface area contributed by atoms with Crippen LogP contribution in [0.4, 0.5) is 0 Å². The van der Waals surface area contributed by atoms with Crippen molar-refractivity contribution in [3.05, 3.63) is 0 Å². The molecule has 1 aliphatic heterocycles. The van der Waals surface area contributed by atoms with Gasteiger partial charge in [0, 0.05) is 6.54 Å². The van der Waals surface area contributed by atoms with Crippen LogP contribution in [0.1, 0.15) is 46.5 Å². The molecular weight excluding hydrogens is 236 g/mol. The first kappa shape index (κ1) is 15.3. The second-order valence-electron chi connectivity index (χ2n) is 7.75. The maximum atomic E-state index is 9.81. The topological polar surface area (TPSA) is 35.5 Å². The predicted molar refractivity (Wildman–Crippen MR) is 80.2 cm³/mol.